The highest BCUT2D eigenvalue weighted by atomic mass is 16.5. The molecule has 1 aliphatic carbocycles. The number of nitrogens with zero attached hydrogens (tertiary/aromatic N) is 4. The summed E-state index contributed by atoms with van der Waals surface area (Å²) in [6, 6.07) is 11.5. The van der Waals surface area contributed by atoms with Gasteiger partial charge in [-0.05, 0) is 50.4 Å². The van der Waals surface area contributed by atoms with Crippen molar-refractivity contribution in [3.05, 3.63) is 47.2 Å². The Morgan fingerprint density at radius 2 is 1.68 bits per heavy atom. The Kier molecular flexibility index (Phi) is 13.1. The molecule has 4 rings (SSSR count). The first-order chi connectivity index (χ1) is 20.1. The number of benzene rings is 1. The van der Waals surface area contributed by atoms with E-state index in [1.54, 1.807) is 7.11 Å². The fraction of sp³-hybridized carbons (Fsp3) is 0.645. The molecule has 0 spiro atoms. The normalized spacial score (nSPS) is 16.2. The number of hydrogen-bond acceptors (Lipinski definition) is 9. The fourth-order valence-electron chi connectivity index (χ4n) is 5.39. The van der Waals surface area contributed by atoms with Gasteiger partial charge in [-0.3, -0.25) is 4.79 Å². The number of methoxy groups -OCH3 is 1. The molecule has 1 aliphatic heterocycles. The van der Waals surface area contributed by atoms with Crippen LogP contribution in [-0.2, 0) is 27.4 Å². The van der Waals surface area contributed by atoms with Crippen LogP contribution in [0.15, 0.2) is 30.3 Å². The molecule has 1 aromatic carbocycles. The lowest BCUT2D eigenvalue weighted by atomic mass is 9.95. The van der Waals surface area contributed by atoms with Crippen molar-refractivity contribution in [1.29, 1.82) is 0 Å². The van der Waals surface area contributed by atoms with Crippen LogP contribution in [0, 0.1) is 6.92 Å². The number of piperazine rings is 1. The molecule has 1 saturated heterocycles. The van der Waals surface area contributed by atoms with Crippen LogP contribution >= 0.6 is 0 Å². The number of nitrogens with one attached hydrogen (secondary N) is 3. The van der Waals surface area contributed by atoms with E-state index in [1.807, 2.05) is 17.9 Å². The molecule has 41 heavy (non-hydrogen) atoms. The Labute approximate surface area is 245 Å². The second-order valence-corrected chi connectivity index (χ2v) is 11.1. The van der Waals surface area contributed by atoms with Gasteiger partial charge in [0.2, 0.25) is 11.9 Å². The first kappa shape index (κ1) is 31.2. The molecule has 0 bridgehead atoms. The molecule has 226 valence electrons. The second-order valence-electron chi connectivity index (χ2n) is 11.1. The van der Waals surface area contributed by atoms with Crippen molar-refractivity contribution < 1.29 is 14.3 Å². The maximum atomic E-state index is 12.4. The monoisotopic (exact) mass is 567 g/mol. The minimum Gasteiger partial charge on any atom is -0.382 e. The number of ether oxygens (including phenoxy) is 2. The van der Waals surface area contributed by atoms with Gasteiger partial charge in [0.15, 0.2) is 0 Å². The quantitative estimate of drug-likeness (QED) is 0.264. The number of amides is 1. The van der Waals surface area contributed by atoms with Gasteiger partial charge in [0.05, 0.1) is 13.2 Å². The Balaban J connectivity index is 1.15. The van der Waals surface area contributed by atoms with E-state index in [0.29, 0.717) is 38.8 Å². The molecule has 2 aromatic rings. The average molecular weight is 568 g/mol. The third-order valence-electron chi connectivity index (χ3n) is 7.83. The number of anilines is 2. The Morgan fingerprint density at radius 1 is 0.951 bits per heavy atom. The summed E-state index contributed by atoms with van der Waals surface area (Å²) in [5.41, 5.74) is 3.40. The van der Waals surface area contributed by atoms with Crippen LogP contribution in [-0.4, -0.2) is 93.0 Å². The van der Waals surface area contributed by atoms with E-state index in [4.69, 9.17) is 14.5 Å². The summed E-state index contributed by atoms with van der Waals surface area (Å²) >= 11 is 0. The van der Waals surface area contributed by atoms with Gasteiger partial charge >= 0.3 is 0 Å². The van der Waals surface area contributed by atoms with Crippen molar-refractivity contribution in [2.45, 2.75) is 64.6 Å². The number of hydrogen-bond donors (Lipinski definition) is 3. The van der Waals surface area contributed by atoms with Gasteiger partial charge in [-0.25, -0.2) is 4.98 Å². The first-order valence-electron chi connectivity index (χ1n) is 15.3. The number of carbonyl (C=O) groups is 1. The summed E-state index contributed by atoms with van der Waals surface area (Å²) in [6.07, 6.45) is 8.03. The van der Waals surface area contributed by atoms with E-state index in [1.165, 1.54) is 43.2 Å². The van der Waals surface area contributed by atoms with E-state index in [9.17, 15) is 4.79 Å². The van der Waals surface area contributed by atoms with Gasteiger partial charge in [0.25, 0.3) is 0 Å². The zero-order chi connectivity index (χ0) is 28.7. The van der Waals surface area contributed by atoms with Gasteiger partial charge in [-0.1, -0.05) is 43.5 Å². The first-order valence-corrected chi connectivity index (χ1v) is 15.3. The highest BCUT2D eigenvalue weighted by Crippen LogP contribution is 2.18. The average Bonchev–Trinajstić information content (AvgIpc) is 3.01. The summed E-state index contributed by atoms with van der Waals surface area (Å²) in [5, 5.41) is 10.7. The maximum absolute atomic E-state index is 12.4. The lowest BCUT2D eigenvalue weighted by molar-refractivity contribution is -0.136. The van der Waals surface area contributed by atoms with Gasteiger partial charge in [-0.15, -0.1) is 0 Å². The van der Waals surface area contributed by atoms with Gasteiger partial charge < -0.3 is 35.2 Å². The van der Waals surface area contributed by atoms with Gasteiger partial charge in [0, 0.05) is 64.2 Å². The van der Waals surface area contributed by atoms with Crippen LogP contribution in [0.5, 0.6) is 0 Å². The molecule has 3 N–H and O–H groups in total. The van der Waals surface area contributed by atoms with Crippen molar-refractivity contribution in [3.8, 4) is 0 Å². The molecule has 1 amide bonds. The summed E-state index contributed by atoms with van der Waals surface area (Å²) in [4.78, 5) is 25.8. The van der Waals surface area contributed by atoms with Crippen molar-refractivity contribution in [1.82, 2.24) is 25.5 Å². The third-order valence-corrected chi connectivity index (χ3v) is 7.83. The zero-order valence-corrected chi connectivity index (χ0v) is 25.0. The molecule has 2 heterocycles. The number of carbonyl (C=O) groups excluding carboxylic acids is 1. The van der Waals surface area contributed by atoms with Crippen LogP contribution in [0.25, 0.3) is 0 Å². The topological polar surface area (TPSA) is 104 Å². The molecule has 0 unspecified atom stereocenters. The summed E-state index contributed by atoms with van der Waals surface area (Å²) in [7, 11) is 1.62. The molecule has 0 atom stereocenters. The third kappa shape index (κ3) is 10.8. The minimum absolute atomic E-state index is 0.0194. The standard InChI is InChI=1S/C31H49N7O3/c1-25-21-29(37-15-17-38(18-16-37)30(39)24-41-20-19-40-2)36-31(35-25)34-23-27-11-9-26(10-12-27)22-32-13-6-14-33-28-7-4-3-5-8-28/h9-12,21,28,32-33H,3-8,13-20,22-24H2,1-2H3,(H,34,35,36). The van der Waals surface area contributed by atoms with Crippen molar-refractivity contribution in [2.75, 3.05) is 76.4 Å². The molecule has 1 saturated carbocycles. The molecular formula is C31H49N7O3. The van der Waals surface area contributed by atoms with Crippen LogP contribution < -0.4 is 20.9 Å². The molecule has 2 fully saturated rings. The van der Waals surface area contributed by atoms with E-state index >= 15 is 0 Å². The predicted octanol–water partition coefficient (Wildman–Crippen LogP) is 3.11. The predicted molar refractivity (Wildman–Crippen MR) is 163 cm³/mol. The molecule has 10 heteroatoms. The largest absolute Gasteiger partial charge is 0.382 e. The molecular weight excluding hydrogens is 518 g/mol. The van der Waals surface area contributed by atoms with Crippen LogP contribution in [0.3, 0.4) is 0 Å². The van der Waals surface area contributed by atoms with Crippen LogP contribution in [0.2, 0.25) is 0 Å². The molecule has 10 nitrogen and oxygen atoms in total. The number of aryl methyl sites for hydroxylation is 1. The van der Waals surface area contributed by atoms with Crippen LogP contribution in [0.1, 0.15) is 55.3 Å². The lowest BCUT2D eigenvalue weighted by Crippen LogP contribution is -2.50. The van der Waals surface area contributed by atoms with Gasteiger partial charge in [-0.2, -0.15) is 4.98 Å². The van der Waals surface area contributed by atoms with Crippen molar-refractivity contribution in [3.63, 3.8) is 0 Å². The Hall–Kier alpha value is -2.79. The molecule has 0 radical (unpaired) electrons. The van der Waals surface area contributed by atoms with Crippen LogP contribution in [0.4, 0.5) is 11.8 Å². The van der Waals surface area contributed by atoms with Crippen molar-refractivity contribution >= 4 is 17.7 Å². The highest BCUT2D eigenvalue weighted by molar-refractivity contribution is 5.77. The SMILES string of the molecule is COCCOCC(=O)N1CCN(c2cc(C)nc(NCc3ccc(CNCCCNC4CCCCC4)cc3)n2)CC1. The van der Waals surface area contributed by atoms with E-state index in [2.05, 4.69) is 50.1 Å². The second kappa shape index (κ2) is 17.2. The minimum atomic E-state index is 0.0194. The fourth-order valence-corrected chi connectivity index (χ4v) is 5.39. The summed E-state index contributed by atoms with van der Waals surface area (Å²) < 4.78 is 10.3. The van der Waals surface area contributed by atoms with E-state index < -0.39 is 0 Å². The Morgan fingerprint density at radius 3 is 2.41 bits per heavy atom. The number of rotatable bonds is 16. The highest BCUT2D eigenvalue weighted by Gasteiger charge is 2.22. The summed E-state index contributed by atoms with van der Waals surface area (Å²) in [6.45, 7) is 9.45. The molecule has 2 aliphatic rings. The van der Waals surface area contributed by atoms with E-state index in [0.717, 1.165) is 56.7 Å². The van der Waals surface area contributed by atoms with Crippen molar-refractivity contribution in [2.24, 2.45) is 0 Å². The zero-order valence-electron chi connectivity index (χ0n) is 25.0. The maximum Gasteiger partial charge on any atom is 0.248 e. The Bertz CT molecular complexity index is 1040. The number of aromatic nitrogens is 2. The van der Waals surface area contributed by atoms with E-state index in [-0.39, 0.29) is 12.5 Å². The van der Waals surface area contributed by atoms with Gasteiger partial charge in [0.1, 0.15) is 12.4 Å². The smallest absolute Gasteiger partial charge is 0.248 e. The lowest BCUT2D eigenvalue weighted by Gasteiger charge is -2.35. The summed E-state index contributed by atoms with van der Waals surface area (Å²) in [5.74, 6) is 1.53. The molecule has 1 aromatic heterocycles.